The Morgan fingerprint density at radius 1 is 1.45 bits per heavy atom. The van der Waals surface area contributed by atoms with Gasteiger partial charge < -0.3 is 15.8 Å². The molecule has 0 amide bonds. The fourth-order valence-corrected chi connectivity index (χ4v) is 2.22. The van der Waals surface area contributed by atoms with Crippen molar-refractivity contribution in [3.8, 4) is 17.0 Å². The molecule has 1 unspecified atom stereocenters. The molecule has 5 nitrogen and oxygen atoms in total. The summed E-state index contributed by atoms with van der Waals surface area (Å²) in [5, 5.41) is 9.96. The van der Waals surface area contributed by atoms with Gasteiger partial charge in [-0.05, 0) is 36.5 Å². The smallest absolute Gasteiger partial charge is 0.262 e. The van der Waals surface area contributed by atoms with E-state index < -0.39 is 17.3 Å². The standard InChI is InChI=1S/C14H14FN3O2/c15-9-3-1-2-8(6-9)10-13(19)17-12(18-14(10)20)11(16)7-4-5-7/h1-3,6-7,11H,4-5,16H2,(H2,17,18,19,20). The Morgan fingerprint density at radius 2 is 2.20 bits per heavy atom. The van der Waals surface area contributed by atoms with Gasteiger partial charge in [0.2, 0.25) is 5.88 Å². The molecular formula is C14H14FN3O2. The largest absolute Gasteiger partial charge is 0.493 e. The molecule has 1 fully saturated rings. The molecule has 1 saturated carbocycles. The number of nitrogens with one attached hydrogen (secondary N) is 1. The lowest BCUT2D eigenvalue weighted by Gasteiger charge is -2.11. The number of aromatic amines is 1. The van der Waals surface area contributed by atoms with Crippen molar-refractivity contribution in [2.45, 2.75) is 18.9 Å². The molecule has 3 rings (SSSR count). The van der Waals surface area contributed by atoms with Gasteiger partial charge in [-0.2, -0.15) is 4.98 Å². The van der Waals surface area contributed by atoms with E-state index in [1.807, 2.05) is 0 Å². The number of halogens is 1. The summed E-state index contributed by atoms with van der Waals surface area (Å²) in [7, 11) is 0. The van der Waals surface area contributed by atoms with Crippen molar-refractivity contribution in [2.24, 2.45) is 11.7 Å². The topological polar surface area (TPSA) is 92.0 Å². The molecule has 1 aromatic heterocycles. The van der Waals surface area contributed by atoms with Crippen LogP contribution in [0.25, 0.3) is 11.1 Å². The van der Waals surface area contributed by atoms with Gasteiger partial charge in [0.15, 0.2) is 0 Å². The van der Waals surface area contributed by atoms with Crippen LogP contribution in [0, 0.1) is 11.7 Å². The lowest BCUT2D eigenvalue weighted by Crippen LogP contribution is -2.22. The number of aromatic hydroxyl groups is 1. The minimum atomic E-state index is -0.519. The zero-order valence-electron chi connectivity index (χ0n) is 10.6. The van der Waals surface area contributed by atoms with Crippen molar-refractivity contribution in [2.75, 3.05) is 0 Å². The van der Waals surface area contributed by atoms with Gasteiger partial charge in [-0.3, -0.25) is 4.79 Å². The van der Waals surface area contributed by atoms with E-state index in [4.69, 9.17) is 5.73 Å². The number of aromatic nitrogens is 2. The van der Waals surface area contributed by atoms with Gasteiger partial charge in [0.05, 0.1) is 6.04 Å². The second kappa shape index (κ2) is 4.72. The number of rotatable bonds is 3. The molecule has 4 N–H and O–H groups in total. The van der Waals surface area contributed by atoms with E-state index in [0.717, 1.165) is 12.8 Å². The maximum atomic E-state index is 13.2. The van der Waals surface area contributed by atoms with Crippen LogP contribution in [-0.4, -0.2) is 15.1 Å². The van der Waals surface area contributed by atoms with Gasteiger partial charge in [-0.1, -0.05) is 12.1 Å². The molecule has 1 aliphatic carbocycles. The molecule has 0 saturated heterocycles. The first-order valence-corrected chi connectivity index (χ1v) is 6.41. The third kappa shape index (κ3) is 2.30. The summed E-state index contributed by atoms with van der Waals surface area (Å²) in [6.07, 6.45) is 1.99. The van der Waals surface area contributed by atoms with Crippen LogP contribution in [0.3, 0.4) is 0 Å². The molecule has 0 radical (unpaired) electrons. The van der Waals surface area contributed by atoms with E-state index in [-0.39, 0.29) is 23.0 Å². The molecule has 20 heavy (non-hydrogen) atoms. The van der Waals surface area contributed by atoms with Crippen molar-refractivity contribution in [3.05, 3.63) is 46.3 Å². The third-order valence-electron chi connectivity index (χ3n) is 3.48. The van der Waals surface area contributed by atoms with Crippen LogP contribution in [0.4, 0.5) is 4.39 Å². The van der Waals surface area contributed by atoms with Crippen LogP contribution in [0.5, 0.6) is 5.88 Å². The maximum absolute atomic E-state index is 13.2. The number of benzene rings is 1. The van der Waals surface area contributed by atoms with E-state index >= 15 is 0 Å². The van der Waals surface area contributed by atoms with Gasteiger partial charge in [-0.25, -0.2) is 4.39 Å². The summed E-state index contributed by atoms with van der Waals surface area (Å²) in [5.74, 6) is -0.335. The monoisotopic (exact) mass is 275 g/mol. The van der Waals surface area contributed by atoms with E-state index in [9.17, 15) is 14.3 Å². The zero-order chi connectivity index (χ0) is 14.3. The van der Waals surface area contributed by atoms with Crippen LogP contribution < -0.4 is 11.3 Å². The molecule has 0 aliphatic heterocycles. The minimum absolute atomic E-state index is 0.0451. The molecule has 0 spiro atoms. The van der Waals surface area contributed by atoms with Gasteiger partial charge in [0.25, 0.3) is 5.56 Å². The fourth-order valence-electron chi connectivity index (χ4n) is 2.22. The Hall–Kier alpha value is -2.21. The first-order valence-electron chi connectivity index (χ1n) is 6.41. The fraction of sp³-hybridized carbons (Fsp3) is 0.286. The van der Waals surface area contributed by atoms with E-state index in [2.05, 4.69) is 9.97 Å². The third-order valence-corrected chi connectivity index (χ3v) is 3.48. The average Bonchev–Trinajstić information content (AvgIpc) is 3.21. The van der Waals surface area contributed by atoms with Crippen LogP contribution >= 0.6 is 0 Å². The number of H-pyrrole nitrogens is 1. The van der Waals surface area contributed by atoms with Crippen molar-refractivity contribution >= 4 is 0 Å². The molecule has 1 atom stereocenters. The second-order valence-corrected chi connectivity index (χ2v) is 5.02. The van der Waals surface area contributed by atoms with Crippen molar-refractivity contribution in [3.63, 3.8) is 0 Å². The number of hydrogen-bond donors (Lipinski definition) is 3. The Kier molecular flexibility index (Phi) is 3.02. The number of nitrogens with two attached hydrogens (primary N) is 1. The highest BCUT2D eigenvalue weighted by molar-refractivity contribution is 5.67. The predicted octanol–water partition coefficient (Wildman–Crippen LogP) is 1.69. The highest BCUT2D eigenvalue weighted by Gasteiger charge is 2.31. The van der Waals surface area contributed by atoms with Crippen molar-refractivity contribution < 1.29 is 9.50 Å². The van der Waals surface area contributed by atoms with Gasteiger partial charge in [0.1, 0.15) is 17.2 Å². The predicted molar refractivity (Wildman–Crippen MR) is 71.6 cm³/mol. The van der Waals surface area contributed by atoms with Crippen LogP contribution in [-0.2, 0) is 0 Å². The van der Waals surface area contributed by atoms with Crippen LogP contribution in [0.2, 0.25) is 0 Å². The Morgan fingerprint density at radius 3 is 2.80 bits per heavy atom. The summed E-state index contributed by atoms with van der Waals surface area (Å²) < 4.78 is 13.2. The SMILES string of the molecule is NC(c1nc(O)c(-c2cccc(F)c2)c(=O)[nH]1)C1CC1. The number of hydrogen-bond acceptors (Lipinski definition) is 4. The molecule has 0 bridgehead atoms. The van der Waals surface area contributed by atoms with Gasteiger partial charge >= 0.3 is 0 Å². The van der Waals surface area contributed by atoms with E-state index in [1.165, 1.54) is 24.3 Å². The first kappa shape index (κ1) is 12.8. The van der Waals surface area contributed by atoms with E-state index in [0.29, 0.717) is 5.92 Å². The Bertz CT molecular complexity index is 710. The summed E-state index contributed by atoms with van der Waals surface area (Å²) in [5.41, 5.74) is 5.66. The Labute approximate surface area is 114 Å². The molecule has 6 heteroatoms. The second-order valence-electron chi connectivity index (χ2n) is 5.02. The van der Waals surface area contributed by atoms with Crippen molar-refractivity contribution in [1.29, 1.82) is 0 Å². The van der Waals surface area contributed by atoms with Crippen LogP contribution in [0.1, 0.15) is 24.7 Å². The molecule has 2 aromatic rings. The highest BCUT2D eigenvalue weighted by Crippen LogP contribution is 2.38. The maximum Gasteiger partial charge on any atom is 0.262 e. The van der Waals surface area contributed by atoms with E-state index in [1.54, 1.807) is 0 Å². The normalized spacial score (nSPS) is 16.1. The van der Waals surface area contributed by atoms with Gasteiger partial charge in [0, 0.05) is 0 Å². The lowest BCUT2D eigenvalue weighted by molar-refractivity contribution is 0.443. The molecule has 104 valence electrons. The van der Waals surface area contributed by atoms with Gasteiger partial charge in [-0.15, -0.1) is 0 Å². The zero-order valence-corrected chi connectivity index (χ0v) is 10.6. The van der Waals surface area contributed by atoms with Crippen LogP contribution in [0.15, 0.2) is 29.1 Å². The van der Waals surface area contributed by atoms with Crippen molar-refractivity contribution in [1.82, 2.24) is 9.97 Å². The average molecular weight is 275 g/mol. The first-order chi connectivity index (χ1) is 9.56. The minimum Gasteiger partial charge on any atom is -0.493 e. The number of nitrogens with zero attached hydrogens (tertiary/aromatic N) is 1. The lowest BCUT2D eigenvalue weighted by atomic mass is 10.1. The summed E-state index contributed by atoms with van der Waals surface area (Å²) in [4.78, 5) is 18.6. The summed E-state index contributed by atoms with van der Waals surface area (Å²) >= 11 is 0. The molecule has 1 aliphatic rings. The molecular weight excluding hydrogens is 261 g/mol. The highest BCUT2D eigenvalue weighted by atomic mass is 19.1. The Balaban J connectivity index is 2.07. The molecule has 1 aromatic carbocycles. The summed E-state index contributed by atoms with van der Waals surface area (Å²) in [6.45, 7) is 0. The molecule has 1 heterocycles. The quantitative estimate of drug-likeness (QED) is 0.794. The summed E-state index contributed by atoms with van der Waals surface area (Å²) in [6, 6.07) is 5.06.